The summed E-state index contributed by atoms with van der Waals surface area (Å²) in [5.74, 6) is 1.44. The minimum absolute atomic E-state index is 0.00214. The number of ether oxygens (including phenoxy) is 3. The molecule has 5 rings (SSSR count). The molecular formula is C32H42N4O7. The first kappa shape index (κ1) is 30.5. The van der Waals surface area contributed by atoms with Gasteiger partial charge in [-0.05, 0) is 50.1 Å². The van der Waals surface area contributed by atoms with Crippen LogP contribution in [0.2, 0.25) is 0 Å². The van der Waals surface area contributed by atoms with Gasteiger partial charge in [-0.15, -0.1) is 0 Å². The summed E-state index contributed by atoms with van der Waals surface area (Å²) in [6, 6.07) is 9.89. The van der Waals surface area contributed by atoms with Crippen molar-refractivity contribution >= 4 is 29.2 Å². The van der Waals surface area contributed by atoms with Gasteiger partial charge in [0, 0.05) is 48.4 Å². The largest absolute Gasteiger partial charge is 0.488 e. The second kappa shape index (κ2) is 13.5. The number of likely N-dealkylation sites (N-methyl/N-ethyl adjacent to an activating group) is 1. The first-order chi connectivity index (χ1) is 20.7. The van der Waals surface area contributed by atoms with E-state index in [1.807, 2.05) is 13.8 Å². The van der Waals surface area contributed by atoms with E-state index in [0.29, 0.717) is 40.7 Å². The number of carbonyl (C=O) groups excluding carboxylic acids is 3. The summed E-state index contributed by atoms with van der Waals surface area (Å²) in [5.41, 5.74) is 1.84. The molecule has 232 valence electrons. The molecule has 0 bridgehead atoms. The summed E-state index contributed by atoms with van der Waals surface area (Å²) >= 11 is 0. The number of hydrogen-bond acceptors (Lipinski definition) is 7. The van der Waals surface area contributed by atoms with Crippen LogP contribution in [0.5, 0.6) is 17.2 Å². The highest BCUT2D eigenvalue weighted by Gasteiger charge is 2.32. The molecule has 2 aromatic carbocycles. The molecule has 3 N–H and O–H groups in total. The highest BCUT2D eigenvalue weighted by atomic mass is 16.7. The average Bonchev–Trinajstić information content (AvgIpc) is 3.49. The van der Waals surface area contributed by atoms with Gasteiger partial charge in [0.2, 0.25) is 18.6 Å². The van der Waals surface area contributed by atoms with E-state index in [0.717, 1.165) is 25.7 Å². The van der Waals surface area contributed by atoms with Crippen LogP contribution in [0, 0.1) is 11.8 Å². The Balaban J connectivity index is 1.34. The molecule has 0 spiro atoms. The number of amides is 4. The smallest absolute Gasteiger partial charge is 0.321 e. The van der Waals surface area contributed by atoms with Crippen LogP contribution in [0.1, 0.15) is 51.5 Å². The third-order valence-electron chi connectivity index (χ3n) is 8.58. The Hall–Kier alpha value is -3.99. The lowest BCUT2D eigenvalue weighted by Crippen LogP contribution is -2.48. The number of aliphatic hydroxyl groups excluding tert-OH is 1. The lowest BCUT2D eigenvalue weighted by Gasteiger charge is -2.34. The molecule has 0 saturated heterocycles. The molecule has 0 aromatic heterocycles. The van der Waals surface area contributed by atoms with E-state index in [2.05, 4.69) is 10.6 Å². The van der Waals surface area contributed by atoms with Crippen molar-refractivity contribution in [3.8, 4) is 17.2 Å². The molecular weight excluding hydrogens is 552 g/mol. The number of carbonyl (C=O) groups is 3. The maximum Gasteiger partial charge on any atom is 0.321 e. The van der Waals surface area contributed by atoms with E-state index in [1.165, 1.54) is 6.42 Å². The van der Waals surface area contributed by atoms with Gasteiger partial charge in [-0.1, -0.05) is 26.2 Å². The number of urea groups is 1. The zero-order valence-corrected chi connectivity index (χ0v) is 25.1. The monoisotopic (exact) mass is 594 g/mol. The van der Waals surface area contributed by atoms with Crippen molar-refractivity contribution in [2.45, 2.75) is 64.5 Å². The molecule has 2 aromatic rings. The maximum atomic E-state index is 13.5. The normalized spacial score (nSPS) is 21.0. The van der Waals surface area contributed by atoms with Gasteiger partial charge in [0.05, 0.1) is 25.6 Å². The van der Waals surface area contributed by atoms with Gasteiger partial charge in [0.1, 0.15) is 11.9 Å². The number of anilines is 2. The molecule has 0 radical (unpaired) electrons. The number of hydrogen-bond donors (Lipinski definition) is 3. The number of nitrogens with one attached hydrogen (secondary N) is 2. The van der Waals surface area contributed by atoms with Gasteiger partial charge >= 0.3 is 6.03 Å². The molecule has 11 nitrogen and oxygen atoms in total. The van der Waals surface area contributed by atoms with Gasteiger partial charge in [-0.25, -0.2) is 4.79 Å². The Morgan fingerprint density at radius 1 is 1.02 bits per heavy atom. The molecule has 11 heteroatoms. The van der Waals surface area contributed by atoms with Crippen molar-refractivity contribution in [2.24, 2.45) is 11.8 Å². The van der Waals surface area contributed by atoms with Crippen molar-refractivity contribution < 1.29 is 33.7 Å². The number of fused-ring (bicyclic) bond motifs is 2. The van der Waals surface area contributed by atoms with E-state index in [9.17, 15) is 19.5 Å². The van der Waals surface area contributed by atoms with E-state index >= 15 is 0 Å². The predicted octanol–water partition coefficient (Wildman–Crippen LogP) is 4.25. The second-order valence-electron chi connectivity index (χ2n) is 11.9. The first-order valence-corrected chi connectivity index (χ1v) is 15.1. The zero-order valence-electron chi connectivity index (χ0n) is 25.1. The third-order valence-corrected chi connectivity index (χ3v) is 8.58. The Labute approximate surface area is 252 Å². The van der Waals surface area contributed by atoms with E-state index in [1.54, 1.807) is 53.2 Å². The number of aliphatic hydroxyl groups is 1. The number of nitrogens with zero attached hydrogens (tertiary/aromatic N) is 2. The molecule has 1 fully saturated rings. The van der Waals surface area contributed by atoms with Crippen LogP contribution in [0.3, 0.4) is 0 Å². The summed E-state index contributed by atoms with van der Waals surface area (Å²) in [6.45, 7) is 4.35. The summed E-state index contributed by atoms with van der Waals surface area (Å²) in [5, 5.41) is 15.8. The zero-order chi connectivity index (χ0) is 30.5. The van der Waals surface area contributed by atoms with Gasteiger partial charge in [-0.3, -0.25) is 9.59 Å². The lowest BCUT2D eigenvalue weighted by molar-refractivity contribution is -0.134. The Kier molecular flexibility index (Phi) is 9.59. The van der Waals surface area contributed by atoms with Gasteiger partial charge in [0.25, 0.3) is 0 Å². The molecule has 43 heavy (non-hydrogen) atoms. The Morgan fingerprint density at radius 2 is 1.72 bits per heavy atom. The summed E-state index contributed by atoms with van der Waals surface area (Å²) in [6.07, 6.45) is 4.67. The topological polar surface area (TPSA) is 130 Å². The van der Waals surface area contributed by atoms with E-state index in [-0.39, 0.29) is 56.0 Å². The number of benzene rings is 2. The second-order valence-corrected chi connectivity index (χ2v) is 11.9. The van der Waals surface area contributed by atoms with Crippen LogP contribution in [-0.4, -0.2) is 78.4 Å². The molecule has 4 amide bonds. The van der Waals surface area contributed by atoms with Crippen LogP contribution in [-0.2, 0) is 16.0 Å². The van der Waals surface area contributed by atoms with E-state index in [4.69, 9.17) is 14.2 Å². The minimum Gasteiger partial charge on any atom is -0.488 e. The Morgan fingerprint density at radius 3 is 2.47 bits per heavy atom. The van der Waals surface area contributed by atoms with E-state index < -0.39 is 12.1 Å². The third kappa shape index (κ3) is 7.33. The summed E-state index contributed by atoms with van der Waals surface area (Å²) in [4.78, 5) is 42.8. The van der Waals surface area contributed by atoms with Crippen LogP contribution < -0.4 is 24.8 Å². The fourth-order valence-corrected chi connectivity index (χ4v) is 5.88. The molecule has 0 unspecified atom stereocenters. The highest BCUT2D eigenvalue weighted by Crippen LogP contribution is 2.34. The van der Waals surface area contributed by atoms with Gasteiger partial charge in [-0.2, -0.15) is 0 Å². The fraction of sp³-hybridized carbons (Fsp3) is 0.531. The first-order valence-electron chi connectivity index (χ1n) is 15.1. The lowest BCUT2D eigenvalue weighted by atomic mass is 9.88. The highest BCUT2D eigenvalue weighted by molar-refractivity contribution is 5.93. The van der Waals surface area contributed by atoms with Crippen molar-refractivity contribution in [1.82, 2.24) is 9.80 Å². The van der Waals surface area contributed by atoms with Crippen LogP contribution in [0.15, 0.2) is 36.4 Å². The summed E-state index contributed by atoms with van der Waals surface area (Å²) < 4.78 is 17.3. The summed E-state index contributed by atoms with van der Waals surface area (Å²) in [7, 11) is 1.69. The standard InChI is InChI=1S/C32H42N4O7/c1-20-16-36(21(2)18-37)30(38)14-23-13-24(33-31(39)22-7-5-4-6-8-22)9-11-26(23)43-29(20)17-35(3)32(40)34-25-10-12-27-28(15-25)42-19-41-27/h9-13,15,20-22,29,37H,4-8,14,16-19H2,1-3H3,(H,33,39)(H,34,40)/t20-,21-,29-/m1/s1. The quantitative estimate of drug-likeness (QED) is 0.437. The predicted molar refractivity (Wildman–Crippen MR) is 161 cm³/mol. The average molecular weight is 595 g/mol. The SMILES string of the molecule is C[C@@H]1CN([C@H](C)CO)C(=O)Cc2cc(NC(=O)C3CCCCC3)ccc2O[C@@H]1CN(C)C(=O)Nc1ccc2c(c1)OCO2. The molecule has 2 heterocycles. The maximum absolute atomic E-state index is 13.5. The molecule has 3 aliphatic rings. The van der Waals surface area contributed by atoms with Crippen LogP contribution in [0.4, 0.5) is 16.2 Å². The molecule has 3 atom stereocenters. The fourth-order valence-electron chi connectivity index (χ4n) is 5.88. The van der Waals surface area contributed by atoms with Gasteiger partial charge in [0.15, 0.2) is 11.5 Å². The Bertz CT molecular complexity index is 1330. The van der Waals surface area contributed by atoms with Crippen molar-refractivity contribution in [3.05, 3.63) is 42.0 Å². The van der Waals surface area contributed by atoms with Crippen molar-refractivity contribution in [2.75, 3.05) is 44.2 Å². The number of rotatable bonds is 7. The van der Waals surface area contributed by atoms with Crippen molar-refractivity contribution in [3.63, 3.8) is 0 Å². The van der Waals surface area contributed by atoms with Crippen molar-refractivity contribution in [1.29, 1.82) is 0 Å². The van der Waals surface area contributed by atoms with Crippen LogP contribution >= 0.6 is 0 Å². The van der Waals surface area contributed by atoms with Crippen LogP contribution in [0.25, 0.3) is 0 Å². The molecule has 2 aliphatic heterocycles. The van der Waals surface area contributed by atoms with Gasteiger partial charge < -0.3 is 39.8 Å². The minimum atomic E-state index is -0.465. The molecule has 1 aliphatic carbocycles. The molecule has 1 saturated carbocycles.